The standard InChI is InChI=1S/C25H18BrCl2N3O3/c1-15-19(25(33)31(30-15)18-5-3-2-4-6-18)11-16-7-10-23(20(26)12-16)34-14-24(32)29-17-8-9-21(27)22(28)13-17/h2-13H,14H2,1H3,(H,29,32)/b19-11-. The third kappa shape index (κ3) is 5.50. The molecule has 4 rings (SSSR count). The number of hydrazone groups is 1. The largest absolute Gasteiger partial charge is 0.483 e. The molecular formula is C25H18BrCl2N3O3. The number of benzene rings is 3. The number of para-hydroxylation sites is 1. The fourth-order valence-corrected chi connectivity index (χ4v) is 4.04. The van der Waals surface area contributed by atoms with Crippen molar-refractivity contribution in [1.82, 2.24) is 0 Å². The van der Waals surface area contributed by atoms with Gasteiger partial charge in [-0.15, -0.1) is 0 Å². The van der Waals surface area contributed by atoms with Gasteiger partial charge < -0.3 is 10.1 Å². The summed E-state index contributed by atoms with van der Waals surface area (Å²) in [5, 5.41) is 9.23. The van der Waals surface area contributed by atoms with E-state index in [1.54, 1.807) is 43.3 Å². The van der Waals surface area contributed by atoms with Crippen molar-refractivity contribution in [3.63, 3.8) is 0 Å². The Kier molecular flexibility index (Phi) is 7.36. The zero-order chi connectivity index (χ0) is 24.2. The van der Waals surface area contributed by atoms with Crippen LogP contribution in [-0.2, 0) is 9.59 Å². The lowest BCUT2D eigenvalue weighted by Gasteiger charge is -2.11. The number of carbonyl (C=O) groups excluding carboxylic acids is 2. The number of hydrogen-bond acceptors (Lipinski definition) is 4. The summed E-state index contributed by atoms with van der Waals surface area (Å²) in [5.74, 6) is -0.0551. The maximum absolute atomic E-state index is 12.9. The van der Waals surface area contributed by atoms with Crippen molar-refractivity contribution < 1.29 is 14.3 Å². The molecule has 0 saturated carbocycles. The van der Waals surface area contributed by atoms with E-state index in [0.29, 0.717) is 42.9 Å². The summed E-state index contributed by atoms with van der Waals surface area (Å²) in [5.41, 5.74) is 3.15. The molecule has 1 aliphatic heterocycles. The lowest BCUT2D eigenvalue weighted by atomic mass is 10.1. The van der Waals surface area contributed by atoms with Gasteiger partial charge in [-0.2, -0.15) is 10.1 Å². The Morgan fingerprint density at radius 2 is 1.85 bits per heavy atom. The Labute approximate surface area is 214 Å². The first kappa shape index (κ1) is 24.0. The Bertz CT molecular complexity index is 1330. The minimum absolute atomic E-state index is 0.195. The number of halogens is 3. The number of anilines is 2. The highest BCUT2D eigenvalue weighted by Gasteiger charge is 2.28. The molecule has 0 radical (unpaired) electrons. The first-order chi connectivity index (χ1) is 16.3. The molecule has 0 fully saturated rings. The first-order valence-corrected chi connectivity index (χ1v) is 11.7. The summed E-state index contributed by atoms with van der Waals surface area (Å²) in [4.78, 5) is 25.1. The monoisotopic (exact) mass is 557 g/mol. The molecule has 9 heteroatoms. The number of nitrogens with one attached hydrogen (secondary N) is 1. The van der Waals surface area contributed by atoms with E-state index in [-0.39, 0.29) is 18.4 Å². The normalized spacial score (nSPS) is 14.4. The van der Waals surface area contributed by atoms with Gasteiger partial charge in [-0.05, 0) is 77.0 Å². The van der Waals surface area contributed by atoms with Gasteiger partial charge in [0.2, 0.25) is 0 Å². The van der Waals surface area contributed by atoms with Gasteiger partial charge in [0, 0.05) is 5.69 Å². The van der Waals surface area contributed by atoms with E-state index < -0.39 is 0 Å². The van der Waals surface area contributed by atoms with Gasteiger partial charge in [-0.3, -0.25) is 9.59 Å². The zero-order valence-corrected chi connectivity index (χ0v) is 21.0. The van der Waals surface area contributed by atoms with E-state index in [0.717, 1.165) is 5.56 Å². The smallest absolute Gasteiger partial charge is 0.280 e. The van der Waals surface area contributed by atoms with Crippen LogP contribution in [0.2, 0.25) is 10.0 Å². The van der Waals surface area contributed by atoms with Gasteiger partial charge in [-0.25, -0.2) is 0 Å². The van der Waals surface area contributed by atoms with Crippen LogP contribution in [0.15, 0.2) is 81.9 Å². The Hall–Kier alpha value is -3.13. The molecule has 1 heterocycles. The number of rotatable bonds is 6. The van der Waals surface area contributed by atoms with Gasteiger partial charge in [0.05, 0.1) is 31.5 Å². The van der Waals surface area contributed by atoms with Gasteiger partial charge in [0.25, 0.3) is 11.8 Å². The second-order valence-electron chi connectivity index (χ2n) is 7.35. The fraction of sp³-hybridized carbons (Fsp3) is 0.0800. The molecule has 0 atom stereocenters. The predicted octanol–water partition coefficient (Wildman–Crippen LogP) is 6.58. The Morgan fingerprint density at radius 3 is 2.56 bits per heavy atom. The van der Waals surface area contributed by atoms with Crippen LogP contribution in [0.5, 0.6) is 5.75 Å². The zero-order valence-electron chi connectivity index (χ0n) is 17.9. The second-order valence-corrected chi connectivity index (χ2v) is 9.02. The summed E-state index contributed by atoms with van der Waals surface area (Å²) in [6, 6.07) is 19.4. The van der Waals surface area contributed by atoms with Crippen LogP contribution in [0.4, 0.5) is 11.4 Å². The van der Waals surface area contributed by atoms with Crippen molar-refractivity contribution in [3.05, 3.63) is 92.4 Å². The van der Waals surface area contributed by atoms with E-state index >= 15 is 0 Å². The molecule has 0 aromatic heterocycles. The van der Waals surface area contributed by atoms with Gasteiger partial charge in [0.1, 0.15) is 5.75 Å². The van der Waals surface area contributed by atoms with Crippen molar-refractivity contribution >= 4 is 74.1 Å². The molecule has 0 saturated heterocycles. The van der Waals surface area contributed by atoms with Crippen molar-refractivity contribution in [3.8, 4) is 5.75 Å². The fourth-order valence-electron chi connectivity index (χ4n) is 3.23. The molecule has 0 bridgehead atoms. The summed E-state index contributed by atoms with van der Waals surface area (Å²) in [6.07, 6.45) is 1.77. The van der Waals surface area contributed by atoms with Crippen LogP contribution in [0.3, 0.4) is 0 Å². The second kappa shape index (κ2) is 10.4. The van der Waals surface area contributed by atoms with E-state index in [9.17, 15) is 9.59 Å². The summed E-state index contributed by atoms with van der Waals surface area (Å²) < 4.78 is 6.27. The lowest BCUT2D eigenvalue weighted by Crippen LogP contribution is -2.21. The van der Waals surface area contributed by atoms with E-state index in [4.69, 9.17) is 27.9 Å². The summed E-state index contributed by atoms with van der Waals surface area (Å²) in [6.45, 7) is 1.60. The molecule has 2 amide bonds. The van der Waals surface area contributed by atoms with Gasteiger partial charge in [-0.1, -0.05) is 47.5 Å². The molecule has 34 heavy (non-hydrogen) atoms. The third-order valence-corrected chi connectivity index (χ3v) is 6.25. The maximum Gasteiger partial charge on any atom is 0.280 e. The predicted molar refractivity (Wildman–Crippen MR) is 140 cm³/mol. The van der Waals surface area contributed by atoms with E-state index in [1.807, 2.05) is 36.4 Å². The number of ether oxygens (including phenoxy) is 1. The summed E-state index contributed by atoms with van der Waals surface area (Å²) in [7, 11) is 0. The Balaban J connectivity index is 1.41. The molecule has 1 aliphatic rings. The van der Waals surface area contributed by atoms with Crippen LogP contribution >= 0.6 is 39.1 Å². The van der Waals surface area contributed by atoms with Crippen molar-refractivity contribution in [2.24, 2.45) is 5.10 Å². The molecule has 0 unspecified atom stereocenters. The quantitative estimate of drug-likeness (QED) is 0.347. The molecule has 172 valence electrons. The highest BCUT2D eigenvalue weighted by atomic mass is 79.9. The third-order valence-electron chi connectivity index (χ3n) is 4.89. The molecule has 6 nitrogen and oxygen atoms in total. The average molecular weight is 559 g/mol. The lowest BCUT2D eigenvalue weighted by molar-refractivity contribution is -0.118. The molecule has 3 aromatic carbocycles. The maximum atomic E-state index is 12.9. The number of hydrogen-bond donors (Lipinski definition) is 1. The summed E-state index contributed by atoms with van der Waals surface area (Å²) >= 11 is 15.3. The molecule has 0 spiro atoms. The van der Waals surface area contributed by atoms with Gasteiger partial charge in [0.15, 0.2) is 6.61 Å². The first-order valence-electron chi connectivity index (χ1n) is 10.2. The molecular weight excluding hydrogens is 541 g/mol. The SMILES string of the molecule is CC1=NN(c2ccccc2)C(=O)/C1=C\c1ccc(OCC(=O)Nc2ccc(Cl)c(Cl)c2)c(Br)c1. The number of nitrogens with zero attached hydrogens (tertiary/aromatic N) is 2. The van der Waals surface area contributed by atoms with Crippen LogP contribution in [-0.4, -0.2) is 24.1 Å². The van der Waals surface area contributed by atoms with Crippen LogP contribution in [0.1, 0.15) is 12.5 Å². The molecule has 1 N–H and O–H groups in total. The highest BCUT2D eigenvalue weighted by Crippen LogP contribution is 2.29. The van der Waals surface area contributed by atoms with Gasteiger partial charge >= 0.3 is 0 Å². The number of amides is 2. The topological polar surface area (TPSA) is 71.0 Å². The minimum Gasteiger partial charge on any atom is -0.483 e. The highest BCUT2D eigenvalue weighted by molar-refractivity contribution is 9.10. The number of carbonyl (C=O) groups is 2. The van der Waals surface area contributed by atoms with Crippen LogP contribution in [0.25, 0.3) is 6.08 Å². The van der Waals surface area contributed by atoms with Crippen molar-refractivity contribution in [2.75, 3.05) is 16.9 Å². The van der Waals surface area contributed by atoms with Crippen molar-refractivity contribution in [1.29, 1.82) is 0 Å². The minimum atomic E-state index is -0.346. The van der Waals surface area contributed by atoms with Crippen LogP contribution in [0, 0.1) is 0 Å². The molecule has 3 aromatic rings. The van der Waals surface area contributed by atoms with Crippen LogP contribution < -0.4 is 15.1 Å². The Morgan fingerprint density at radius 1 is 1.09 bits per heavy atom. The van der Waals surface area contributed by atoms with E-state index in [2.05, 4.69) is 26.3 Å². The van der Waals surface area contributed by atoms with Crippen molar-refractivity contribution in [2.45, 2.75) is 6.92 Å². The average Bonchev–Trinajstić information content (AvgIpc) is 3.10. The van der Waals surface area contributed by atoms with E-state index in [1.165, 1.54) is 5.01 Å². The molecule has 0 aliphatic carbocycles.